The number of rotatable bonds is 4. The van der Waals surface area contributed by atoms with Crippen LogP contribution in [0.5, 0.6) is 0 Å². The Labute approximate surface area is 117 Å². The molecule has 4 aliphatic rings. The predicted molar refractivity (Wildman–Crippen MR) is 72.2 cm³/mol. The molecular weight excluding hydrogens is 256 g/mol. The van der Waals surface area contributed by atoms with Gasteiger partial charge in [0.25, 0.3) is 0 Å². The number of carboxylic acid groups (broad SMARTS) is 1. The van der Waals surface area contributed by atoms with Crippen LogP contribution in [0, 0.1) is 10.8 Å². The molecule has 6 heteroatoms. The molecule has 0 aromatic carbocycles. The minimum Gasteiger partial charge on any atom is -0.465 e. The van der Waals surface area contributed by atoms with E-state index in [-0.39, 0.29) is 5.41 Å². The Morgan fingerprint density at radius 3 is 2.90 bits per heavy atom. The molecule has 0 atom stereocenters. The van der Waals surface area contributed by atoms with Gasteiger partial charge in [0.15, 0.2) is 0 Å². The van der Waals surface area contributed by atoms with Crippen LogP contribution in [-0.2, 0) is 13.1 Å². The lowest BCUT2D eigenvalue weighted by molar-refractivity contribution is -0.210. The largest absolute Gasteiger partial charge is 0.465 e. The third kappa shape index (κ3) is 1.82. The van der Waals surface area contributed by atoms with Crippen molar-refractivity contribution in [3.63, 3.8) is 0 Å². The van der Waals surface area contributed by atoms with Crippen molar-refractivity contribution in [2.45, 2.75) is 32.4 Å². The normalized spacial score (nSPS) is 34.8. The Morgan fingerprint density at radius 2 is 2.15 bits per heavy atom. The van der Waals surface area contributed by atoms with Crippen molar-refractivity contribution in [3.8, 4) is 0 Å². The highest BCUT2D eigenvalue weighted by molar-refractivity contribution is 5.64. The van der Waals surface area contributed by atoms with Crippen molar-refractivity contribution in [2.24, 2.45) is 10.8 Å². The molecule has 5 rings (SSSR count). The first-order chi connectivity index (χ1) is 9.58. The molecule has 1 aromatic rings. The van der Waals surface area contributed by atoms with E-state index in [4.69, 9.17) is 5.11 Å². The summed E-state index contributed by atoms with van der Waals surface area (Å²) in [7, 11) is 0. The van der Waals surface area contributed by atoms with Gasteiger partial charge in [-0.2, -0.15) is 0 Å². The summed E-state index contributed by atoms with van der Waals surface area (Å²) in [5.74, 6) is 1.17. The molecule has 3 fully saturated rings. The van der Waals surface area contributed by atoms with E-state index in [0.717, 1.165) is 26.2 Å². The van der Waals surface area contributed by atoms with Gasteiger partial charge in [-0.3, -0.25) is 4.90 Å². The van der Waals surface area contributed by atoms with Crippen LogP contribution < -0.4 is 5.32 Å². The standard InChI is InChI=1S/C14H20N4O2/c19-12(20)16-9-13-6-14(7-13,8-13)10-17-3-4-18-2-1-15-11(18)5-17/h1-2,16H,3-10H2,(H,19,20). The van der Waals surface area contributed by atoms with Crippen LogP contribution in [-0.4, -0.2) is 45.3 Å². The van der Waals surface area contributed by atoms with E-state index in [1.54, 1.807) is 0 Å². The number of nitrogens with one attached hydrogen (secondary N) is 1. The summed E-state index contributed by atoms with van der Waals surface area (Å²) in [6.45, 7) is 4.88. The number of nitrogens with zero attached hydrogens (tertiary/aromatic N) is 3. The zero-order valence-corrected chi connectivity index (χ0v) is 11.5. The van der Waals surface area contributed by atoms with Gasteiger partial charge in [0.2, 0.25) is 0 Å². The lowest BCUT2D eigenvalue weighted by Crippen LogP contribution is -2.68. The minimum absolute atomic E-state index is 0.284. The van der Waals surface area contributed by atoms with Crippen molar-refractivity contribution in [2.75, 3.05) is 19.6 Å². The second-order valence-corrected chi connectivity index (χ2v) is 6.94. The summed E-state index contributed by atoms with van der Waals surface area (Å²) in [6.07, 6.45) is 6.60. The maximum Gasteiger partial charge on any atom is 0.404 e. The Bertz CT molecular complexity index is 533. The van der Waals surface area contributed by atoms with E-state index in [9.17, 15) is 4.79 Å². The Kier molecular flexibility index (Phi) is 2.42. The fraction of sp³-hybridized carbons (Fsp3) is 0.714. The molecule has 0 spiro atoms. The molecule has 0 unspecified atom stereocenters. The second-order valence-electron chi connectivity index (χ2n) is 6.94. The number of fused-ring (bicyclic) bond motifs is 1. The molecule has 2 heterocycles. The molecule has 0 radical (unpaired) electrons. The first-order valence-corrected chi connectivity index (χ1v) is 7.28. The number of amides is 1. The van der Waals surface area contributed by atoms with Gasteiger partial charge < -0.3 is 15.0 Å². The van der Waals surface area contributed by atoms with E-state index in [1.165, 1.54) is 25.1 Å². The fourth-order valence-electron chi connectivity index (χ4n) is 4.68. The number of hydrogen-bond donors (Lipinski definition) is 2. The van der Waals surface area contributed by atoms with Crippen LogP contribution in [0.15, 0.2) is 12.4 Å². The molecule has 6 nitrogen and oxygen atoms in total. The van der Waals surface area contributed by atoms with E-state index >= 15 is 0 Å². The maximum absolute atomic E-state index is 10.6. The van der Waals surface area contributed by atoms with Crippen molar-refractivity contribution in [3.05, 3.63) is 18.2 Å². The van der Waals surface area contributed by atoms with E-state index in [0.29, 0.717) is 12.0 Å². The maximum atomic E-state index is 10.6. The molecule has 0 saturated heterocycles. The third-order valence-electron chi connectivity index (χ3n) is 5.25. The van der Waals surface area contributed by atoms with Crippen molar-refractivity contribution >= 4 is 6.09 Å². The van der Waals surface area contributed by atoms with Gasteiger partial charge in [0.1, 0.15) is 5.82 Å². The Morgan fingerprint density at radius 1 is 1.35 bits per heavy atom. The summed E-state index contributed by atoms with van der Waals surface area (Å²) in [5.41, 5.74) is 0.752. The summed E-state index contributed by atoms with van der Waals surface area (Å²) in [4.78, 5) is 17.5. The number of imidazole rings is 1. The van der Waals surface area contributed by atoms with Crippen LogP contribution in [0.3, 0.4) is 0 Å². The quantitative estimate of drug-likeness (QED) is 0.865. The summed E-state index contributed by atoms with van der Waals surface area (Å²) >= 11 is 0. The highest BCUT2D eigenvalue weighted by Gasteiger charge is 2.67. The van der Waals surface area contributed by atoms with E-state index in [2.05, 4.69) is 26.0 Å². The van der Waals surface area contributed by atoms with Crippen LogP contribution >= 0.6 is 0 Å². The van der Waals surface area contributed by atoms with Gasteiger partial charge in [-0.15, -0.1) is 0 Å². The summed E-state index contributed by atoms with van der Waals surface area (Å²) in [5, 5.41) is 11.2. The zero-order chi connectivity index (χ0) is 13.8. The lowest BCUT2D eigenvalue weighted by Gasteiger charge is -2.72. The number of hydrogen-bond acceptors (Lipinski definition) is 3. The predicted octanol–water partition coefficient (Wildman–Crippen LogP) is 1.14. The van der Waals surface area contributed by atoms with Gasteiger partial charge in [0, 0.05) is 38.6 Å². The third-order valence-corrected chi connectivity index (χ3v) is 5.25. The fourth-order valence-corrected chi connectivity index (χ4v) is 4.68. The average Bonchev–Trinajstić information content (AvgIpc) is 2.77. The minimum atomic E-state index is -0.897. The van der Waals surface area contributed by atoms with Crippen molar-refractivity contribution in [1.82, 2.24) is 19.8 Å². The van der Waals surface area contributed by atoms with E-state index in [1.807, 2.05) is 6.20 Å². The van der Waals surface area contributed by atoms with Gasteiger partial charge in [-0.1, -0.05) is 0 Å². The summed E-state index contributed by atoms with van der Waals surface area (Å²) < 4.78 is 2.23. The van der Waals surface area contributed by atoms with E-state index < -0.39 is 6.09 Å². The summed E-state index contributed by atoms with van der Waals surface area (Å²) in [6, 6.07) is 0. The highest BCUT2D eigenvalue weighted by Crippen LogP contribution is 2.73. The van der Waals surface area contributed by atoms with Crippen molar-refractivity contribution < 1.29 is 9.90 Å². The van der Waals surface area contributed by atoms with Gasteiger partial charge >= 0.3 is 6.09 Å². The average molecular weight is 276 g/mol. The molecule has 1 aromatic heterocycles. The first-order valence-electron chi connectivity index (χ1n) is 7.28. The van der Waals surface area contributed by atoms with Gasteiger partial charge in [-0.05, 0) is 30.1 Å². The molecule has 2 N–H and O–H groups in total. The Hall–Kier alpha value is -1.56. The molecule has 3 saturated carbocycles. The zero-order valence-electron chi connectivity index (χ0n) is 11.5. The van der Waals surface area contributed by atoms with Gasteiger partial charge in [0.05, 0.1) is 6.54 Å². The molecule has 2 bridgehead atoms. The molecular formula is C14H20N4O2. The topological polar surface area (TPSA) is 70.4 Å². The van der Waals surface area contributed by atoms with Crippen LogP contribution in [0.25, 0.3) is 0 Å². The van der Waals surface area contributed by atoms with Crippen LogP contribution in [0.2, 0.25) is 0 Å². The molecule has 1 amide bonds. The molecule has 3 aliphatic carbocycles. The number of aromatic nitrogens is 2. The van der Waals surface area contributed by atoms with Crippen molar-refractivity contribution in [1.29, 1.82) is 0 Å². The number of carbonyl (C=O) groups is 1. The Balaban J connectivity index is 1.30. The lowest BCUT2D eigenvalue weighted by atomic mass is 9.35. The monoisotopic (exact) mass is 276 g/mol. The smallest absolute Gasteiger partial charge is 0.404 e. The molecule has 108 valence electrons. The first kappa shape index (κ1) is 12.2. The molecule has 20 heavy (non-hydrogen) atoms. The highest BCUT2D eigenvalue weighted by atomic mass is 16.4. The second kappa shape index (κ2) is 3.97. The molecule has 1 aliphatic heterocycles. The van der Waals surface area contributed by atoms with Crippen LogP contribution in [0.4, 0.5) is 4.79 Å². The SMILES string of the molecule is O=C(O)NCC12CC(CN3CCn4ccnc4C3)(C1)C2. The van der Waals surface area contributed by atoms with Crippen LogP contribution in [0.1, 0.15) is 25.1 Å². The van der Waals surface area contributed by atoms with Gasteiger partial charge in [-0.25, -0.2) is 9.78 Å².